The maximum atomic E-state index is 12.2. The Balaban J connectivity index is 2.43. The Morgan fingerprint density at radius 3 is 2.21 bits per heavy atom. The molecule has 0 saturated carbocycles. The molecule has 0 aliphatic rings. The Kier molecular flexibility index (Phi) is 3.17. The van der Waals surface area contributed by atoms with Crippen molar-refractivity contribution < 1.29 is 8.42 Å². The summed E-state index contributed by atoms with van der Waals surface area (Å²) in [5, 5.41) is -0.0125. The lowest BCUT2D eigenvalue weighted by atomic mass is 10.3. The highest BCUT2D eigenvalue weighted by atomic mass is 32.2. The summed E-state index contributed by atoms with van der Waals surface area (Å²) in [7, 11) is -3.47. The van der Waals surface area contributed by atoms with Crippen LogP contribution in [0.2, 0.25) is 0 Å². The highest BCUT2D eigenvalue weighted by Crippen LogP contribution is 2.22. The summed E-state index contributed by atoms with van der Waals surface area (Å²) >= 11 is 0. The molecule has 0 bridgehead atoms. The molecule has 0 N–H and O–H groups in total. The van der Waals surface area contributed by atoms with E-state index < -0.39 is 14.6 Å². The number of hydrogen-bond acceptors (Lipinski definition) is 5. The van der Waals surface area contributed by atoms with Crippen LogP contribution in [0.4, 0.5) is 0 Å². The molecule has 0 aliphatic heterocycles. The van der Waals surface area contributed by atoms with Crippen LogP contribution >= 0.6 is 0 Å². The van der Waals surface area contributed by atoms with Crippen molar-refractivity contribution in [3.63, 3.8) is 0 Å². The summed E-state index contributed by atoms with van der Waals surface area (Å²) in [6.45, 7) is 6.75. The number of imidazole rings is 1. The van der Waals surface area contributed by atoms with Gasteiger partial charge in [0.15, 0.2) is 10.8 Å². The fraction of sp³-hybridized carbons (Fsp3) is 0.417. The molecule has 0 saturated heterocycles. The van der Waals surface area contributed by atoms with E-state index in [0.717, 1.165) is 5.82 Å². The van der Waals surface area contributed by atoms with Crippen LogP contribution in [0.3, 0.4) is 0 Å². The summed E-state index contributed by atoms with van der Waals surface area (Å²) < 4.78 is 25.2. The molecule has 2 aromatic rings. The van der Waals surface area contributed by atoms with Gasteiger partial charge in [-0.1, -0.05) is 0 Å². The molecule has 2 heterocycles. The second kappa shape index (κ2) is 4.41. The fourth-order valence-corrected chi connectivity index (χ4v) is 2.52. The van der Waals surface area contributed by atoms with Gasteiger partial charge >= 0.3 is 0 Å². The smallest absolute Gasteiger partial charge is 0.202 e. The predicted molar refractivity (Wildman–Crippen MR) is 70.8 cm³/mol. The molecule has 0 amide bonds. The lowest BCUT2D eigenvalue weighted by Crippen LogP contribution is -2.28. The van der Waals surface area contributed by atoms with Gasteiger partial charge in [-0.3, -0.25) is 4.57 Å². The van der Waals surface area contributed by atoms with E-state index in [1.165, 1.54) is 12.4 Å². The minimum Gasteiger partial charge on any atom is -0.287 e. The quantitative estimate of drug-likeness (QED) is 0.834. The van der Waals surface area contributed by atoms with Crippen molar-refractivity contribution in [2.24, 2.45) is 0 Å². The lowest BCUT2D eigenvalue weighted by molar-refractivity contribution is 0.555. The summed E-state index contributed by atoms with van der Waals surface area (Å²) in [6.07, 6.45) is 6.12. The van der Waals surface area contributed by atoms with Crippen molar-refractivity contribution in [3.8, 4) is 5.82 Å². The zero-order valence-corrected chi connectivity index (χ0v) is 12.1. The lowest BCUT2D eigenvalue weighted by Gasteiger charge is -2.18. The SMILES string of the molecule is Cc1nccn1-c1cnc(S(=O)(=O)C(C)(C)C)cn1. The van der Waals surface area contributed by atoms with Crippen LogP contribution in [-0.4, -0.2) is 32.7 Å². The van der Waals surface area contributed by atoms with Crippen LogP contribution in [0.5, 0.6) is 0 Å². The zero-order valence-electron chi connectivity index (χ0n) is 11.3. The molecule has 0 unspecified atom stereocenters. The number of nitrogens with zero attached hydrogens (tertiary/aromatic N) is 4. The number of rotatable bonds is 2. The Morgan fingerprint density at radius 1 is 1.11 bits per heavy atom. The van der Waals surface area contributed by atoms with Gasteiger partial charge in [-0.05, 0) is 27.7 Å². The first-order chi connectivity index (χ1) is 8.73. The molecule has 2 rings (SSSR count). The van der Waals surface area contributed by atoms with Gasteiger partial charge < -0.3 is 0 Å². The van der Waals surface area contributed by atoms with E-state index in [0.29, 0.717) is 5.82 Å². The van der Waals surface area contributed by atoms with Crippen LogP contribution in [0.1, 0.15) is 26.6 Å². The molecule has 0 aromatic carbocycles. The maximum Gasteiger partial charge on any atom is 0.202 e. The fourth-order valence-electron chi connectivity index (χ4n) is 1.51. The van der Waals surface area contributed by atoms with Crippen molar-refractivity contribution in [3.05, 3.63) is 30.6 Å². The zero-order chi connectivity index (χ0) is 14.3. The molecule has 0 radical (unpaired) electrons. The summed E-state index contributed by atoms with van der Waals surface area (Å²) in [6, 6.07) is 0. The number of hydrogen-bond donors (Lipinski definition) is 0. The Labute approximate surface area is 112 Å². The van der Waals surface area contributed by atoms with Crippen molar-refractivity contribution in [2.75, 3.05) is 0 Å². The Hall–Kier alpha value is -1.76. The second-order valence-corrected chi connectivity index (χ2v) is 7.82. The van der Waals surface area contributed by atoms with E-state index in [9.17, 15) is 8.42 Å². The van der Waals surface area contributed by atoms with Crippen molar-refractivity contribution in [1.82, 2.24) is 19.5 Å². The third-order valence-electron chi connectivity index (χ3n) is 2.77. The monoisotopic (exact) mass is 280 g/mol. The molecule has 6 nitrogen and oxygen atoms in total. The highest BCUT2D eigenvalue weighted by molar-refractivity contribution is 7.92. The highest BCUT2D eigenvalue weighted by Gasteiger charge is 2.32. The molecule has 2 aromatic heterocycles. The Bertz CT molecular complexity index is 681. The van der Waals surface area contributed by atoms with E-state index in [1.807, 2.05) is 6.92 Å². The van der Waals surface area contributed by atoms with Gasteiger partial charge in [0.1, 0.15) is 5.82 Å². The van der Waals surface area contributed by atoms with E-state index in [-0.39, 0.29) is 5.03 Å². The van der Waals surface area contributed by atoms with Crippen molar-refractivity contribution >= 4 is 9.84 Å². The first kappa shape index (κ1) is 13.7. The molecule has 0 atom stereocenters. The summed E-state index contributed by atoms with van der Waals surface area (Å²) in [5.41, 5.74) is 0. The molecular weight excluding hydrogens is 264 g/mol. The normalized spacial score (nSPS) is 12.6. The van der Waals surface area contributed by atoms with E-state index in [2.05, 4.69) is 15.0 Å². The average Bonchev–Trinajstić information content (AvgIpc) is 2.74. The van der Waals surface area contributed by atoms with Gasteiger partial charge in [-0.2, -0.15) is 0 Å². The molecular formula is C12H16N4O2S. The predicted octanol–water partition coefficient (Wildman–Crippen LogP) is 1.54. The largest absolute Gasteiger partial charge is 0.287 e. The molecule has 7 heteroatoms. The van der Waals surface area contributed by atoms with Gasteiger partial charge in [0.05, 0.1) is 17.1 Å². The second-order valence-electron chi connectivity index (χ2n) is 5.17. The topological polar surface area (TPSA) is 77.7 Å². The van der Waals surface area contributed by atoms with Gasteiger partial charge in [-0.15, -0.1) is 0 Å². The van der Waals surface area contributed by atoms with Gasteiger partial charge in [0.25, 0.3) is 0 Å². The summed E-state index contributed by atoms with van der Waals surface area (Å²) in [4.78, 5) is 12.2. The average molecular weight is 280 g/mol. The minimum atomic E-state index is -3.47. The molecule has 19 heavy (non-hydrogen) atoms. The molecule has 0 aliphatic carbocycles. The van der Waals surface area contributed by atoms with Gasteiger partial charge in [0.2, 0.25) is 9.84 Å². The van der Waals surface area contributed by atoms with Gasteiger partial charge in [-0.25, -0.2) is 23.4 Å². The standard InChI is InChI=1S/C12H16N4O2S/c1-9-13-5-6-16(9)10-7-15-11(8-14-10)19(17,18)12(2,3)4/h5-8H,1-4H3. The summed E-state index contributed by atoms with van der Waals surface area (Å²) in [5.74, 6) is 1.31. The van der Waals surface area contributed by atoms with Crippen LogP contribution in [-0.2, 0) is 9.84 Å². The van der Waals surface area contributed by atoms with Crippen LogP contribution in [0, 0.1) is 6.92 Å². The number of aromatic nitrogens is 4. The molecule has 0 spiro atoms. The first-order valence-corrected chi connectivity index (χ1v) is 7.29. The van der Waals surface area contributed by atoms with Crippen molar-refractivity contribution in [2.45, 2.75) is 37.5 Å². The van der Waals surface area contributed by atoms with Gasteiger partial charge in [0, 0.05) is 12.4 Å². The third-order valence-corrected chi connectivity index (χ3v) is 5.14. The van der Waals surface area contributed by atoms with E-state index in [1.54, 1.807) is 37.7 Å². The number of sulfone groups is 1. The van der Waals surface area contributed by atoms with Crippen LogP contribution < -0.4 is 0 Å². The number of aryl methyl sites for hydroxylation is 1. The van der Waals surface area contributed by atoms with Crippen LogP contribution in [0.25, 0.3) is 5.82 Å². The third kappa shape index (κ3) is 2.37. The van der Waals surface area contributed by atoms with Crippen LogP contribution in [0.15, 0.2) is 29.8 Å². The minimum absolute atomic E-state index is 0.0125. The molecule has 0 fully saturated rings. The maximum absolute atomic E-state index is 12.2. The Morgan fingerprint density at radius 2 is 1.79 bits per heavy atom. The van der Waals surface area contributed by atoms with Crippen molar-refractivity contribution in [1.29, 1.82) is 0 Å². The first-order valence-electron chi connectivity index (χ1n) is 5.80. The molecule has 102 valence electrons. The van der Waals surface area contributed by atoms with E-state index >= 15 is 0 Å². The van der Waals surface area contributed by atoms with E-state index in [4.69, 9.17) is 0 Å².